The van der Waals surface area contributed by atoms with Crippen molar-refractivity contribution in [2.24, 2.45) is 0 Å². The smallest absolute Gasteiger partial charge is 0.262 e. The van der Waals surface area contributed by atoms with Crippen molar-refractivity contribution >= 4 is 34.8 Å². The number of fused-ring (bicyclic) bond motifs is 1. The minimum absolute atomic E-state index is 0.0367. The number of nitrogens with zero attached hydrogens (tertiary/aromatic N) is 3. The molecular formula is C26H25N5O2S. The minimum Gasteiger partial charge on any atom is -0.354 e. The first-order valence-corrected chi connectivity index (χ1v) is 11.8. The van der Waals surface area contributed by atoms with Gasteiger partial charge < -0.3 is 15.2 Å². The highest BCUT2D eigenvalue weighted by Gasteiger charge is 2.25. The molecule has 1 fully saturated rings. The van der Waals surface area contributed by atoms with Crippen LogP contribution in [0.2, 0.25) is 0 Å². The maximum Gasteiger partial charge on any atom is 0.262 e. The summed E-state index contributed by atoms with van der Waals surface area (Å²) in [6, 6.07) is 21.0. The molecule has 1 atom stereocenters. The van der Waals surface area contributed by atoms with Crippen molar-refractivity contribution in [2.45, 2.75) is 25.4 Å². The van der Waals surface area contributed by atoms with E-state index in [-0.39, 0.29) is 17.5 Å². The molecule has 1 aliphatic rings. The molecule has 5 rings (SSSR count). The molecule has 2 aromatic carbocycles. The lowest BCUT2D eigenvalue weighted by atomic mass is 10.1. The molecule has 4 aromatic rings. The molecule has 0 bridgehead atoms. The van der Waals surface area contributed by atoms with Gasteiger partial charge in [0.25, 0.3) is 11.5 Å². The number of pyridine rings is 1. The number of carbonyl (C=O) groups excluding carboxylic acids is 1. The van der Waals surface area contributed by atoms with E-state index in [4.69, 9.17) is 12.2 Å². The Bertz CT molecular complexity index is 1430. The van der Waals surface area contributed by atoms with E-state index in [2.05, 4.69) is 20.2 Å². The fourth-order valence-corrected chi connectivity index (χ4v) is 4.66. The maximum absolute atomic E-state index is 13.1. The van der Waals surface area contributed by atoms with Gasteiger partial charge in [0, 0.05) is 37.4 Å². The van der Waals surface area contributed by atoms with Gasteiger partial charge >= 0.3 is 0 Å². The summed E-state index contributed by atoms with van der Waals surface area (Å²) in [5.74, 6) is 0.753. The lowest BCUT2D eigenvalue weighted by Crippen LogP contribution is -2.37. The highest BCUT2D eigenvalue weighted by molar-refractivity contribution is 7.71. The summed E-state index contributed by atoms with van der Waals surface area (Å²) in [6.45, 7) is 2.05. The number of amides is 1. The number of aryl methyl sites for hydroxylation is 1. The Balaban J connectivity index is 1.30. The fourth-order valence-electron chi connectivity index (χ4n) is 4.38. The molecule has 0 spiro atoms. The Morgan fingerprint density at radius 3 is 2.74 bits per heavy atom. The largest absolute Gasteiger partial charge is 0.354 e. The van der Waals surface area contributed by atoms with Crippen LogP contribution in [-0.4, -0.2) is 39.6 Å². The van der Waals surface area contributed by atoms with Crippen LogP contribution in [0.25, 0.3) is 10.9 Å². The SMILES string of the molecule is O=C(NC1CCN(c2ccccn2)C1)c1ccc2c(=O)n(CCc3ccccc3)c(=S)[nH]c2c1. The zero-order chi connectivity index (χ0) is 23.5. The third-order valence-electron chi connectivity index (χ3n) is 6.21. The number of benzene rings is 2. The third kappa shape index (κ3) is 4.63. The van der Waals surface area contributed by atoms with Gasteiger partial charge in [0.1, 0.15) is 5.82 Å². The second-order valence-corrected chi connectivity index (χ2v) is 8.86. The first-order chi connectivity index (χ1) is 16.6. The molecule has 7 nitrogen and oxygen atoms in total. The van der Waals surface area contributed by atoms with Crippen molar-refractivity contribution in [3.8, 4) is 0 Å². The molecule has 0 aliphatic carbocycles. The van der Waals surface area contributed by atoms with Crippen LogP contribution >= 0.6 is 12.2 Å². The van der Waals surface area contributed by atoms with Gasteiger partial charge in [-0.1, -0.05) is 36.4 Å². The molecule has 34 heavy (non-hydrogen) atoms. The number of rotatable bonds is 6. The summed E-state index contributed by atoms with van der Waals surface area (Å²) in [5.41, 5.74) is 2.06. The van der Waals surface area contributed by atoms with Gasteiger partial charge in [0.15, 0.2) is 4.77 Å². The van der Waals surface area contributed by atoms with Crippen LogP contribution in [0, 0.1) is 4.77 Å². The molecule has 2 aromatic heterocycles. The van der Waals surface area contributed by atoms with Gasteiger partial charge in [0.2, 0.25) is 0 Å². The van der Waals surface area contributed by atoms with E-state index in [1.54, 1.807) is 29.0 Å². The van der Waals surface area contributed by atoms with E-state index < -0.39 is 0 Å². The highest BCUT2D eigenvalue weighted by atomic mass is 32.1. The van der Waals surface area contributed by atoms with Crippen LogP contribution in [0.4, 0.5) is 5.82 Å². The molecule has 3 heterocycles. The van der Waals surface area contributed by atoms with Crippen molar-refractivity contribution in [1.29, 1.82) is 0 Å². The van der Waals surface area contributed by atoms with Crippen molar-refractivity contribution in [2.75, 3.05) is 18.0 Å². The Labute approximate surface area is 202 Å². The standard InChI is InChI=1S/C26H25N5O2S/c32-24(28-20-12-14-30(17-20)23-8-4-5-13-27-23)19-9-10-21-22(16-19)29-26(34)31(25(21)33)15-11-18-6-2-1-3-7-18/h1-10,13,16,20H,11-12,14-15,17H2,(H,28,32)(H,29,34). The molecule has 172 valence electrons. The molecule has 1 aliphatic heterocycles. The second-order valence-electron chi connectivity index (χ2n) is 8.48. The predicted octanol–water partition coefficient (Wildman–Crippen LogP) is 3.71. The molecule has 1 saturated heterocycles. The molecule has 8 heteroatoms. The quantitative estimate of drug-likeness (QED) is 0.419. The second kappa shape index (κ2) is 9.61. The molecular weight excluding hydrogens is 446 g/mol. The Hall–Kier alpha value is -3.78. The van der Waals surface area contributed by atoms with Crippen molar-refractivity contribution in [3.05, 3.63) is 99.2 Å². The van der Waals surface area contributed by atoms with Crippen LogP contribution in [0.15, 0.2) is 77.7 Å². The lowest BCUT2D eigenvalue weighted by molar-refractivity contribution is 0.0940. The van der Waals surface area contributed by atoms with Crippen LogP contribution in [0.3, 0.4) is 0 Å². The maximum atomic E-state index is 13.1. The van der Waals surface area contributed by atoms with E-state index in [9.17, 15) is 9.59 Å². The average Bonchev–Trinajstić information content (AvgIpc) is 3.33. The van der Waals surface area contributed by atoms with Gasteiger partial charge in [-0.05, 0) is 61.0 Å². The third-order valence-corrected chi connectivity index (χ3v) is 6.53. The molecule has 0 radical (unpaired) electrons. The number of aromatic amines is 1. The average molecular weight is 472 g/mol. The van der Waals surface area contributed by atoms with Crippen LogP contribution in [-0.2, 0) is 13.0 Å². The zero-order valence-electron chi connectivity index (χ0n) is 18.6. The summed E-state index contributed by atoms with van der Waals surface area (Å²) >= 11 is 5.46. The fraction of sp³-hybridized carbons (Fsp3) is 0.231. The predicted molar refractivity (Wildman–Crippen MR) is 136 cm³/mol. The first-order valence-electron chi connectivity index (χ1n) is 11.4. The van der Waals surface area contributed by atoms with Crippen LogP contribution in [0.5, 0.6) is 0 Å². The number of nitrogens with one attached hydrogen (secondary N) is 2. The summed E-state index contributed by atoms with van der Waals surface area (Å²) in [6.07, 6.45) is 3.33. The normalized spacial score (nSPS) is 15.5. The number of carbonyl (C=O) groups is 1. The molecule has 0 saturated carbocycles. The van der Waals surface area contributed by atoms with Crippen LogP contribution in [0.1, 0.15) is 22.3 Å². The number of anilines is 1. The van der Waals surface area contributed by atoms with E-state index in [0.717, 1.165) is 24.3 Å². The minimum atomic E-state index is -0.164. The van der Waals surface area contributed by atoms with Gasteiger partial charge in [-0.3, -0.25) is 14.2 Å². The van der Waals surface area contributed by atoms with Gasteiger partial charge in [-0.15, -0.1) is 0 Å². The summed E-state index contributed by atoms with van der Waals surface area (Å²) < 4.78 is 1.93. The molecule has 1 unspecified atom stereocenters. The van der Waals surface area contributed by atoms with Crippen LogP contribution < -0.4 is 15.8 Å². The topological polar surface area (TPSA) is 83.0 Å². The monoisotopic (exact) mass is 471 g/mol. The molecule has 2 N–H and O–H groups in total. The Morgan fingerprint density at radius 1 is 1.12 bits per heavy atom. The number of H-pyrrole nitrogens is 1. The molecule has 1 amide bonds. The van der Waals surface area contributed by atoms with E-state index in [0.29, 0.717) is 40.7 Å². The first kappa shape index (κ1) is 22.0. The summed E-state index contributed by atoms with van der Waals surface area (Å²) in [4.78, 5) is 35.7. The van der Waals surface area contributed by atoms with Gasteiger partial charge in [-0.2, -0.15) is 0 Å². The lowest BCUT2D eigenvalue weighted by Gasteiger charge is -2.17. The van der Waals surface area contributed by atoms with Crippen molar-refractivity contribution in [1.82, 2.24) is 19.9 Å². The van der Waals surface area contributed by atoms with Gasteiger partial charge in [0.05, 0.1) is 10.9 Å². The van der Waals surface area contributed by atoms with E-state index in [1.807, 2.05) is 48.5 Å². The van der Waals surface area contributed by atoms with E-state index in [1.165, 1.54) is 0 Å². The Kier molecular flexibility index (Phi) is 6.22. The van der Waals surface area contributed by atoms with Crippen molar-refractivity contribution < 1.29 is 4.79 Å². The van der Waals surface area contributed by atoms with Crippen molar-refractivity contribution in [3.63, 3.8) is 0 Å². The summed E-state index contributed by atoms with van der Waals surface area (Å²) in [5, 5.41) is 3.62. The zero-order valence-corrected chi connectivity index (χ0v) is 19.4. The highest BCUT2D eigenvalue weighted by Crippen LogP contribution is 2.18. The number of aromatic nitrogens is 3. The van der Waals surface area contributed by atoms with Gasteiger partial charge in [-0.25, -0.2) is 4.98 Å². The number of hydrogen-bond donors (Lipinski definition) is 2. The van der Waals surface area contributed by atoms with E-state index >= 15 is 0 Å². The summed E-state index contributed by atoms with van der Waals surface area (Å²) in [7, 11) is 0. The Morgan fingerprint density at radius 2 is 1.94 bits per heavy atom. The number of hydrogen-bond acceptors (Lipinski definition) is 5.